The number of rotatable bonds is 12. The number of benzene rings is 2. The molecule has 6 nitrogen and oxygen atoms in total. The molecule has 0 saturated carbocycles. The Hall–Kier alpha value is -2.99. The summed E-state index contributed by atoms with van der Waals surface area (Å²) >= 11 is 0. The van der Waals surface area contributed by atoms with Crippen molar-refractivity contribution < 1.29 is 23.8 Å². The molecule has 0 aliphatic rings. The van der Waals surface area contributed by atoms with Gasteiger partial charge >= 0.3 is 0 Å². The minimum Gasteiger partial charge on any atom is -0.490 e. The monoisotopic (exact) mass is 399 g/mol. The quantitative estimate of drug-likeness (QED) is 0.168. The van der Waals surface area contributed by atoms with Crippen molar-refractivity contribution >= 4 is 6.21 Å². The Kier molecular flexibility index (Phi) is 9.59. The summed E-state index contributed by atoms with van der Waals surface area (Å²) in [6, 6.07) is 11.6. The lowest BCUT2D eigenvalue weighted by molar-refractivity contribution is 0.00427. The van der Waals surface area contributed by atoms with Gasteiger partial charge in [-0.1, -0.05) is 29.4 Å². The van der Waals surface area contributed by atoms with Gasteiger partial charge in [0.25, 0.3) is 0 Å². The Labute approximate surface area is 172 Å². The molecule has 29 heavy (non-hydrogen) atoms. The number of hydrogen-bond acceptors (Lipinski definition) is 6. The van der Waals surface area contributed by atoms with Crippen LogP contribution in [-0.2, 0) is 16.2 Å². The fraction of sp³-hybridized carbons (Fsp3) is 0.348. The first kappa shape index (κ1) is 22.3. The standard InChI is InChI=1S/C23H29NO5/c1-5-6-12-27-22-14-18(2)23(19(3)15-22)29-17-26-16-20-7-9-21(10-8-20)28-13-11-24-25-4/h5-11,14-15H,12-13,16-17H2,1-4H3/b6-5+,24-11+. The van der Waals surface area contributed by atoms with Gasteiger partial charge in [0, 0.05) is 0 Å². The summed E-state index contributed by atoms with van der Waals surface area (Å²) in [5, 5.41) is 3.62. The minimum atomic E-state index is 0.173. The first-order chi connectivity index (χ1) is 14.1. The van der Waals surface area contributed by atoms with Crippen molar-refractivity contribution in [3.8, 4) is 17.2 Å². The Morgan fingerprint density at radius 3 is 2.24 bits per heavy atom. The second-order valence-electron chi connectivity index (χ2n) is 6.30. The summed E-state index contributed by atoms with van der Waals surface area (Å²) in [5.74, 6) is 2.42. The summed E-state index contributed by atoms with van der Waals surface area (Å²) in [5.41, 5.74) is 3.07. The molecule has 0 saturated heterocycles. The zero-order valence-electron chi connectivity index (χ0n) is 17.5. The van der Waals surface area contributed by atoms with Gasteiger partial charge in [0.2, 0.25) is 0 Å². The molecule has 0 radical (unpaired) electrons. The SMILES string of the molecule is C/C=C/COc1cc(C)c(OCOCc2ccc(OC/C=N/OC)cc2)c(C)c1. The molecule has 0 amide bonds. The van der Waals surface area contributed by atoms with Crippen LogP contribution >= 0.6 is 0 Å². The molecule has 156 valence electrons. The number of ether oxygens (including phenoxy) is 4. The molecule has 2 aromatic carbocycles. The molecule has 0 fully saturated rings. The van der Waals surface area contributed by atoms with Gasteiger partial charge in [-0.3, -0.25) is 0 Å². The predicted octanol–water partition coefficient (Wildman–Crippen LogP) is 4.82. The molecule has 0 atom stereocenters. The van der Waals surface area contributed by atoms with Gasteiger partial charge in [-0.05, 0) is 61.7 Å². The third-order valence-electron chi connectivity index (χ3n) is 4.00. The fourth-order valence-electron chi connectivity index (χ4n) is 2.64. The van der Waals surface area contributed by atoms with Crippen molar-refractivity contribution in [2.45, 2.75) is 27.4 Å². The lowest BCUT2D eigenvalue weighted by atomic mass is 10.1. The molecular weight excluding hydrogens is 370 g/mol. The Morgan fingerprint density at radius 1 is 0.897 bits per heavy atom. The average Bonchev–Trinajstić information content (AvgIpc) is 2.71. The maximum absolute atomic E-state index is 5.83. The van der Waals surface area contributed by atoms with Gasteiger partial charge in [0.05, 0.1) is 12.8 Å². The van der Waals surface area contributed by atoms with Gasteiger partial charge in [-0.25, -0.2) is 0 Å². The third-order valence-corrected chi connectivity index (χ3v) is 4.00. The number of oxime groups is 1. The largest absolute Gasteiger partial charge is 0.490 e. The summed E-state index contributed by atoms with van der Waals surface area (Å²) in [6.45, 7) is 7.51. The first-order valence-corrected chi connectivity index (χ1v) is 9.46. The van der Waals surface area contributed by atoms with Crippen molar-refractivity contribution in [1.82, 2.24) is 0 Å². The Balaban J connectivity index is 1.77. The van der Waals surface area contributed by atoms with Gasteiger partial charge in [-0.2, -0.15) is 0 Å². The maximum atomic E-state index is 5.83. The number of allylic oxidation sites excluding steroid dienone is 1. The zero-order chi connectivity index (χ0) is 20.9. The van der Waals surface area contributed by atoms with Crippen molar-refractivity contribution in [2.75, 3.05) is 27.1 Å². The number of aryl methyl sites for hydroxylation is 2. The molecule has 0 unspecified atom stereocenters. The summed E-state index contributed by atoms with van der Waals surface area (Å²) in [4.78, 5) is 4.58. The molecule has 0 aliphatic carbocycles. The molecule has 0 aliphatic heterocycles. The average molecular weight is 399 g/mol. The van der Waals surface area contributed by atoms with Crippen LogP contribution in [-0.4, -0.2) is 33.3 Å². The van der Waals surface area contributed by atoms with E-state index in [1.54, 1.807) is 6.21 Å². The van der Waals surface area contributed by atoms with Crippen LogP contribution < -0.4 is 14.2 Å². The summed E-state index contributed by atoms with van der Waals surface area (Å²) in [7, 11) is 1.49. The van der Waals surface area contributed by atoms with E-state index < -0.39 is 0 Å². The smallest absolute Gasteiger partial charge is 0.189 e. The maximum Gasteiger partial charge on any atom is 0.189 e. The Morgan fingerprint density at radius 2 is 1.59 bits per heavy atom. The van der Waals surface area contributed by atoms with Crippen LogP contribution in [0.2, 0.25) is 0 Å². The van der Waals surface area contributed by atoms with E-state index in [4.69, 9.17) is 18.9 Å². The highest BCUT2D eigenvalue weighted by Gasteiger charge is 2.07. The van der Waals surface area contributed by atoms with Crippen LogP contribution in [0.25, 0.3) is 0 Å². The van der Waals surface area contributed by atoms with Crippen LogP contribution in [0.3, 0.4) is 0 Å². The molecule has 6 heteroatoms. The first-order valence-electron chi connectivity index (χ1n) is 9.46. The molecule has 0 N–H and O–H groups in total. The van der Waals surface area contributed by atoms with Gasteiger partial charge in [0.15, 0.2) is 6.79 Å². The van der Waals surface area contributed by atoms with Gasteiger partial charge in [0.1, 0.15) is 37.6 Å². The molecule has 0 heterocycles. The van der Waals surface area contributed by atoms with E-state index in [-0.39, 0.29) is 6.79 Å². The number of hydrogen-bond donors (Lipinski definition) is 0. The van der Waals surface area contributed by atoms with Crippen molar-refractivity contribution in [2.24, 2.45) is 5.16 Å². The van der Waals surface area contributed by atoms with E-state index in [0.29, 0.717) is 19.8 Å². The van der Waals surface area contributed by atoms with Crippen molar-refractivity contribution in [1.29, 1.82) is 0 Å². The second-order valence-corrected chi connectivity index (χ2v) is 6.30. The lowest BCUT2D eigenvalue weighted by Gasteiger charge is -2.14. The second kappa shape index (κ2) is 12.5. The summed E-state index contributed by atoms with van der Waals surface area (Å²) < 4.78 is 22.7. The van der Waals surface area contributed by atoms with E-state index in [9.17, 15) is 0 Å². The van der Waals surface area contributed by atoms with E-state index in [0.717, 1.165) is 33.9 Å². The zero-order valence-corrected chi connectivity index (χ0v) is 17.5. The van der Waals surface area contributed by atoms with Crippen LogP contribution in [0.1, 0.15) is 23.6 Å². The molecule has 2 aromatic rings. The predicted molar refractivity (Wildman–Crippen MR) is 114 cm³/mol. The van der Waals surface area contributed by atoms with Crippen LogP contribution in [0.4, 0.5) is 0 Å². The van der Waals surface area contributed by atoms with Crippen LogP contribution in [0.5, 0.6) is 17.2 Å². The Bertz CT molecular complexity index is 776. The van der Waals surface area contributed by atoms with E-state index in [1.807, 2.05) is 69.3 Å². The fourth-order valence-corrected chi connectivity index (χ4v) is 2.64. The molecule has 0 bridgehead atoms. The lowest BCUT2D eigenvalue weighted by Crippen LogP contribution is -2.06. The van der Waals surface area contributed by atoms with Gasteiger partial charge in [-0.15, -0.1) is 0 Å². The molecule has 0 spiro atoms. The van der Waals surface area contributed by atoms with E-state index in [2.05, 4.69) is 9.99 Å². The normalized spacial score (nSPS) is 11.2. The van der Waals surface area contributed by atoms with Crippen molar-refractivity contribution in [3.63, 3.8) is 0 Å². The topological polar surface area (TPSA) is 58.5 Å². The minimum absolute atomic E-state index is 0.173. The van der Waals surface area contributed by atoms with E-state index >= 15 is 0 Å². The third kappa shape index (κ3) is 7.87. The van der Waals surface area contributed by atoms with Crippen LogP contribution in [0, 0.1) is 13.8 Å². The molecule has 0 aromatic heterocycles. The summed E-state index contributed by atoms with van der Waals surface area (Å²) in [6.07, 6.45) is 5.49. The number of nitrogens with zero attached hydrogens (tertiary/aromatic N) is 1. The van der Waals surface area contributed by atoms with E-state index in [1.165, 1.54) is 7.11 Å². The highest BCUT2D eigenvalue weighted by Crippen LogP contribution is 2.28. The van der Waals surface area contributed by atoms with Crippen LogP contribution in [0.15, 0.2) is 53.7 Å². The van der Waals surface area contributed by atoms with Gasteiger partial charge < -0.3 is 23.8 Å². The highest BCUT2D eigenvalue weighted by atomic mass is 16.7. The highest BCUT2D eigenvalue weighted by molar-refractivity contribution is 5.58. The van der Waals surface area contributed by atoms with Crippen molar-refractivity contribution in [3.05, 3.63) is 65.2 Å². The molecular formula is C23H29NO5. The molecule has 2 rings (SSSR count).